The summed E-state index contributed by atoms with van der Waals surface area (Å²) >= 11 is 0. The van der Waals surface area contributed by atoms with E-state index in [9.17, 15) is 0 Å². The zero-order chi connectivity index (χ0) is 12.3. The highest BCUT2D eigenvalue weighted by Gasteiger charge is 2.34. The van der Waals surface area contributed by atoms with E-state index in [-0.39, 0.29) is 0 Å². The zero-order valence-electron chi connectivity index (χ0n) is 11.8. The van der Waals surface area contributed by atoms with Crippen LogP contribution in [0.1, 0.15) is 40.0 Å². The van der Waals surface area contributed by atoms with E-state index in [4.69, 9.17) is 0 Å². The summed E-state index contributed by atoms with van der Waals surface area (Å²) in [6.45, 7) is 14.4. The van der Waals surface area contributed by atoms with E-state index in [1.807, 2.05) is 0 Å². The van der Waals surface area contributed by atoms with Gasteiger partial charge in [-0.2, -0.15) is 0 Å². The van der Waals surface area contributed by atoms with E-state index in [1.54, 1.807) is 0 Å². The lowest BCUT2D eigenvalue weighted by atomic mass is 10.00. The maximum atomic E-state index is 3.68. The van der Waals surface area contributed by atoms with Gasteiger partial charge in [-0.3, -0.25) is 9.80 Å². The number of hydrogen-bond acceptors (Lipinski definition) is 3. The van der Waals surface area contributed by atoms with Crippen molar-refractivity contribution in [3.8, 4) is 0 Å². The van der Waals surface area contributed by atoms with E-state index in [1.165, 1.54) is 58.5 Å². The molecule has 2 aliphatic rings. The van der Waals surface area contributed by atoms with E-state index >= 15 is 0 Å². The van der Waals surface area contributed by atoms with Crippen molar-refractivity contribution in [3.63, 3.8) is 0 Å². The summed E-state index contributed by atoms with van der Waals surface area (Å²) in [5.74, 6) is 0. The maximum Gasteiger partial charge on any atom is 0.0280 e. The fourth-order valence-corrected chi connectivity index (χ4v) is 3.58. The molecule has 0 amide bonds. The highest BCUT2D eigenvalue weighted by Crippen LogP contribution is 2.23. The lowest BCUT2D eigenvalue weighted by molar-refractivity contribution is 0.192. The Morgan fingerprint density at radius 2 is 2.12 bits per heavy atom. The molecule has 0 aliphatic carbocycles. The van der Waals surface area contributed by atoms with Crippen LogP contribution in [0.2, 0.25) is 0 Å². The molecule has 2 saturated heterocycles. The van der Waals surface area contributed by atoms with Crippen LogP contribution in [0, 0.1) is 0 Å². The fraction of sp³-hybridized carbons (Fsp3) is 1.00. The second-order valence-corrected chi connectivity index (χ2v) is 5.99. The van der Waals surface area contributed by atoms with Crippen LogP contribution in [-0.2, 0) is 0 Å². The molecule has 2 aliphatic heterocycles. The van der Waals surface area contributed by atoms with Crippen LogP contribution in [0.3, 0.4) is 0 Å². The average Bonchev–Trinajstić information content (AvgIpc) is 2.91. The molecule has 0 bridgehead atoms. The van der Waals surface area contributed by atoms with Crippen molar-refractivity contribution in [2.45, 2.75) is 51.6 Å². The van der Waals surface area contributed by atoms with Crippen LogP contribution < -0.4 is 5.32 Å². The summed E-state index contributed by atoms with van der Waals surface area (Å²) in [6, 6.07) is 0.801. The molecule has 0 aromatic heterocycles. The van der Waals surface area contributed by atoms with Crippen LogP contribution in [0.25, 0.3) is 0 Å². The molecule has 0 aromatic rings. The topological polar surface area (TPSA) is 18.5 Å². The SMILES string of the molecule is CCN(CC)C1CCN(CC2(C)CCCN2)C1. The molecule has 100 valence electrons. The Hall–Kier alpha value is -0.120. The summed E-state index contributed by atoms with van der Waals surface area (Å²) < 4.78 is 0. The molecule has 2 heterocycles. The fourth-order valence-electron chi connectivity index (χ4n) is 3.58. The van der Waals surface area contributed by atoms with Crippen molar-refractivity contribution in [2.75, 3.05) is 39.3 Å². The monoisotopic (exact) mass is 239 g/mol. The first kappa shape index (κ1) is 13.3. The Balaban J connectivity index is 1.81. The van der Waals surface area contributed by atoms with Crippen molar-refractivity contribution >= 4 is 0 Å². The van der Waals surface area contributed by atoms with Gasteiger partial charge < -0.3 is 5.32 Å². The first-order valence-corrected chi connectivity index (χ1v) is 7.38. The molecule has 0 saturated carbocycles. The number of likely N-dealkylation sites (N-methyl/N-ethyl adjacent to an activating group) is 1. The normalized spacial score (nSPS) is 34.9. The largest absolute Gasteiger partial charge is 0.310 e. The number of hydrogen-bond donors (Lipinski definition) is 1. The van der Waals surface area contributed by atoms with Gasteiger partial charge in [0.1, 0.15) is 0 Å². The first-order valence-electron chi connectivity index (χ1n) is 7.38. The molecule has 2 atom stereocenters. The van der Waals surface area contributed by atoms with Gasteiger partial charge in [-0.15, -0.1) is 0 Å². The van der Waals surface area contributed by atoms with Gasteiger partial charge in [0.15, 0.2) is 0 Å². The lowest BCUT2D eigenvalue weighted by Gasteiger charge is -2.31. The van der Waals surface area contributed by atoms with Gasteiger partial charge in [-0.05, 0) is 52.4 Å². The van der Waals surface area contributed by atoms with E-state index in [2.05, 4.69) is 35.9 Å². The maximum absolute atomic E-state index is 3.68. The zero-order valence-corrected chi connectivity index (χ0v) is 11.8. The van der Waals surface area contributed by atoms with Gasteiger partial charge in [0.05, 0.1) is 0 Å². The second kappa shape index (κ2) is 5.68. The van der Waals surface area contributed by atoms with E-state index in [0.29, 0.717) is 5.54 Å². The molecule has 0 spiro atoms. The van der Waals surface area contributed by atoms with Gasteiger partial charge in [0.25, 0.3) is 0 Å². The van der Waals surface area contributed by atoms with Crippen molar-refractivity contribution in [1.82, 2.24) is 15.1 Å². The highest BCUT2D eigenvalue weighted by molar-refractivity contribution is 4.94. The van der Waals surface area contributed by atoms with Crippen LogP contribution >= 0.6 is 0 Å². The smallest absolute Gasteiger partial charge is 0.0280 e. The molecule has 1 N–H and O–H groups in total. The van der Waals surface area contributed by atoms with Crippen LogP contribution in [0.4, 0.5) is 0 Å². The van der Waals surface area contributed by atoms with Gasteiger partial charge in [0, 0.05) is 24.7 Å². The predicted octanol–water partition coefficient (Wildman–Crippen LogP) is 1.54. The summed E-state index contributed by atoms with van der Waals surface area (Å²) in [5, 5.41) is 3.68. The second-order valence-electron chi connectivity index (χ2n) is 5.99. The Bertz CT molecular complexity index is 232. The van der Waals surface area contributed by atoms with Gasteiger partial charge in [-0.1, -0.05) is 13.8 Å². The lowest BCUT2D eigenvalue weighted by Crippen LogP contribution is -2.47. The molecule has 2 fully saturated rings. The minimum absolute atomic E-state index is 0.387. The summed E-state index contributed by atoms with van der Waals surface area (Å²) in [4.78, 5) is 5.28. The molecule has 3 heteroatoms. The molecule has 17 heavy (non-hydrogen) atoms. The number of rotatable bonds is 5. The number of nitrogens with one attached hydrogen (secondary N) is 1. The minimum Gasteiger partial charge on any atom is -0.310 e. The van der Waals surface area contributed by atoms with Crippen molar-refractivity contribution in [2.24, 2.45) is 0 Å². The Labute approximate surface area is 107 Å². The molecular formula is C14H29N3. The van der Waals surface area contributed by atoms with Crippen molar-refractivity contribution < 1.29 is 0 Å². The molecule has 2 rings (SSSR count). The minimum atomic E-state index is 0.387. The number of nitrogens with zero attached hydrogens (tertiary/aromatic N) is 2. The van der Waals surface area contributed by atoms with Crippen molar-refractivity contribution in [3.05, 3.63) is 0 Å². The third kappa shape index (κ3) is 3.21. The molecule has 3 nitrogen and oxygen atoms in total. The third-order valence-electron chi connectivity index (χ3n) is 4.61. The van der Waals surface area contributed by atoms with Gasteiger partial charge in [-0.25, -0.2) is 0 Å². The van der Waals surface area contributed by atoms with Crippen molar-refractivity contribution in [1.29, 1.82) is 0 Å². The Morgan fingerprint density at radius 1 is 1.35 bits per heavy atom. The first-order chi connectivity index (χ1) is 8.17. The third-order valence-corrected chi connectivity index (χ3v) is 4.61. The summed E-state index contributed by atoms with van der Waals surface area (Å²) in [6.07, 6.45) is 4.06. The summed E-state index contributed by atoms with van der Waals surface area (Å²) in [5.41, 5.74) is 0.387. The van der Waals surface area contributed by atoms with E-state index in [0.717, 1.165) is 6.04 Å². The molecule has 0 radical (unpaired) electrons. The number of likely N-dealkylation sites (tertiary alicyclic amines) is 1. The van der Waals surface area contributed by atoms with Gasteiger partial charge >= 0.3 is 0 Å². The molecule has 2 unspecified atom stereocenters. The summed E-state index contributed by atoms with van der Waals surface area (Å²) in [7, 11) is 0. The van der Waals surface area contributed by atoms with Crippen LogP contribution in [0.5, 0.6) is 0 Å². The van der Waals surface area contributed by atoms with Gasteiger partial charge in [0.2, 0.25) is 0 Å². The molecular weight excluding hydrogens is 210 g/mol. The highest BCUT2D eigenvalue weighted by atomic mass is 15.3. The Morgan fingerprint density at radius 3 is 2.71 bits per heavy atom. The molecule has 0 aromatic carbocycles. The van der Waals surface area contributed by atoms with E-state index < -0.39 is 0 Å². The van der Waals surface area contributed by atoms with Crippen LogP contribution in [-0.4, -0.2) is 60.6 Å². The Kier molecular flexibility index (Phi) is 4.45. The van der Waals surface area contributed by atoms with Crippen LogP contribution in [0.15, 0.2) is 0 Å². The average molecular weight is 239 g/mol. The predicted molar refractivity (Wildman–Crippen MR) is 73.4 cm³/mol. The standard InChI is InChI=1S/C14H29N3/c1-4-17(5-2)13-7-10-16(11-13)12-14(3)8-6-9-15-14/h13,15H,4-12H2,1-3H3. The quantitative estimate of drug-likeness (QED) is 0.785.